The van der Waals surface area contributed by atoms with Crippen LogP contribution in [0.25, 0.3) is 0 Å². The Balaban J connectivity index is 2.81. The Morgan fingerprint density at radius 1 is 1.50 bits per heavy atom. The second kappa shape index (κ2) is 7.28. The van der Waals surface area contributed by atoms with Crippen LogP contribution < -0.4 is 10.9 Å². The molecular formula is C13H23N3O2. The lowest BCUT2D eigenvalue weighted by molar-refractivity contribution is 0.0873. The fourth-order valence-electron chi connectivity index (χ4n) is 1.67. The minimum Gasteiger partial charge on any atom is -0.374 e. The molecule has 0 saturated carbocycles. The molecule has 0 aliphatic heterocycles. The van der Waals surface area contributed by atoms with Gasteiger partial charge in [-0.25, -0.2) is 4.98 Å². The van der Waals surface area contributed by atoms with Gasteiger partial charge in [0.2, 0.25) is 0 Å². The number of H-pyrrole nitrogens is 1. The third-order valence-corrected chi connectivity index (χ3v) is 2.73. The zero-order chi connectivity index (χ0) is 13.5. The van der Waals surface area contributed by atoms with Crippen molar-refractivity contribution in [2.45, 2.75) is 52.3 Å². The highest BCUT2D eigenvalue weighted by Crippen LogP contribution is 2.16. The molecule has 0 aromatic carbocycles. The van der Waals surface area contributed by atoms with E-state index in [9.17, 15) is 4.79 Å². The van der Waals surface area contributed by atoms with Gasteiger partial charge in [0.05, 0.1) is 0 Å². The average Bonchev–Trinajstić information content (AvgIpc) is 2.34. The van der Waals surface area contributed by atoms with Crippen LogP contribution in [0.1, 0.15) is 51.1 Å². The van der Waals surface area contributed by atoms with Gasteiger partial charge in [0.15, 0.2) is 0 Å². The summed E-state index contributed by atoms with van der Waals surface area (Å²) in [7, 11) is 1.63. The van der Waals surface area contributed by atoms with Crippen LogP contribution in [-0.4, -0.2) is 23.1 Å². The monoisotopic (exact) mass is 253 g/mol. The van der Waals surface area contributed by atoms with Crippen molar-refractivity contribution in [3.05, 3.63) is 27.9 Å². The third-order valence-electron chi connectivity index (χ3n) is 2.73. The summed E-state index contributed by atoms with van der Waals surface area (Å²) in [4.78, 5) is 19.0. The Morgan fingerprint density at radius 2 is 2.22 bits per heavy atom. The highest BCUT2D eigenvalue weighted by molar-refractivity contribution is 5.07. The van der Waals surface area contributed by atoms with E-state index in [0.717, 1.165) is 12.8 Å². The molecule has 0 aliphatic carbocycles. The molecule has 5 heteroatoms. The molecule has 1 unspecified atom stereocenters. The van der Waals surface area contributed by atoms with Crippen LogP contribution in [0.5, 0.6) is 0 Å². The summed E-state index contributed by atoms with van der Waals surface area (Å²) in [5.41, 5.74) is 0.560. The summed E-state index contributed by atoms with van der Waals surface area (Å²) in [6.45, 7) is 6.69. The first kappa shape index (κ1) is 14.9. The highest BCUT2D eigenvalue weighted by atomic mass is 16.5. The standard InChI is InChI=1S/C13H23N3O2/c1-5-6-11(18-4)12-15-8-10(13(17)16-12)7-14-9(2)3/h8-9,11,14H,5-7H2,1-4H3,(H,15,16,17). The maximum atomic E-state index is 11.9. The minimum atomic E-state index is -0.130. The lowest BCUT2D eigenvalue weighted by Gasteiger charge is -2.14. The molecule has 1 heterocycles. The van der Waals surface area contributed by atoms with Gasteiger partial charge in [0, 0.05) is 31.5 Å². The molecule has 1 aromatic rings. The molecule has 1 atom stereocenters. The summed E-state index contributed by atoms with van der Waals surface area (Å²) in [6.07, 6.45) is 3.34. The van der Waals surface area contributed by atoms with Crippen LogP contribution >= 0.6 is 0 Å². The second-order valence-corrected chi connectivity index (χ2v) is 4.67. The number of aromatic nitrogens is 2. The van der Waals surface area contributed by atoms with Crippen molar-refractivity contribution in [2.24, 2.45) is 0 Å². The van der Waals surface area contributed by atoms with Crippen molar-refractivity contribution in [1.29, 1.82) is 0 Å². The van der Waals surface area contributed by atoms with Crippen molar-refractivity contribution < 1.29 is 4.74 Å². The molecule has 0 bridgehead atoms. The number of aromatic amines is 1. The smallest absolute Gasteiger partial charge is 0.255 e. The summed E-state index contributed by atoms with van der Waals surface area (Å²) >= 11 is 0. The molecule has 18 heavy (non-hydrogen) atoms. The van der Waals surface area contributed by atoms with Crippen molar-refractivity contribution in [3.8, 4) is 0 Å². The van der Waals surface area contributed by atoms with Crippen LogP contribution in [0.15, 0.2) is 11.0 Å². The molecule has 1 aromatic heterocycles. The van der Waals surface area contributed by atoms with Crippen molar-refractivity contribution in [3.63, 3.8) is 0 Å². The molecular weight excluding hydrogens is 230 g/mol. The SMILES string of the molecule is CCCC(OC)c1ncc(CNC(C)C)c(=O)[nH]1. The van der Waals surface area contributed by atoms with Gasteiger partial charge in [0.1, 0.15) is 11.9 Å². The minimum absolute atomic E-state index is 0.0914. The Bertz CT molecular complexity index is 415. The Morgan fingerprint density at radius 3 is 2.72 bits per heavy atom. The van der Waals surface area contributed by atoms with E-state index >= 15 is 0 Å². The number of hydrogen-bond donors (Lipinski definition) is 2. The van der Waals surface area contributed by atoms with Crippen LogP contribution in [0.2, 0.25) is 0 Å². The Labute approximate surface area is 108 Å². The number of rotatable bonds is 7. The zero-order valence-electron chi connectivity index (χ0n) is 11.6. The molecule has 1 rings (SSSR count). The quantitative estimate of drug-likeness (QED) is 0.777. The normalized spacial score (nSPS) is 12.9. The molecule has 102 valence electrons. The summed E-state index contributed by atoms with van der Waals surface area (Å²) in [6, 6.07) is 0.343. The van der Waals surface area contributed by atoms with Crippen LogP contribution in [0, 0.1) is 0 Å². The highest BCUT2D eigenvalue weighted by Gasteiger charge is 2.13. The van der Waals surface area contributed by atoms with E-state index in [0.29, 0.717) is 24.0 Å². The van der Waals surface area contributed by atoms with Gasteiger partial charge >= 0.3 is 0 Å². The van der Waals surface area contributed by atoms with Gasteiger partial charge in [-0.1, -0.05) is 27.2 Å². The summed E-state index contributed by atoms with van der Waals surface area (Å²) in [5, 5.41) is 3.20. The van der Waals surface area contributed by atoms with Gasteiger partial charge in [-0.05, 0) is 6.42 Å². The van der Waals surface area contributed by atoms with Crippen LogP contribution in [-0.2, 0) is 11.3 Å². The van der Waals surface area contributed by atoms with Gasteiger partial charge < -0.3 is 15.0 Å². The van der Waals surface area contributed by atoms with E-state index < -0.39 is 0 Å². The van der Waals surface area contributed by atoms with Crippen LogP contribution in [0.3, 0.4) is 0 Å². The number of nitrogens with zero attached hydrogens (tertiary/aromatic N) is 1. The molecule has 5 nitrogen and oxygen atoms in total. The molecule has 0 fully saturated rings. The predicted molar refractivity (Wildman–Crippen MR) is 71.5 cm³/mol. The molecule has 0 radical (unpaired) electrons. The van der Waals surface area contributed by atoms with E-state index in [1.807, 2.05) is 13.8 Å². The first-order valence-electron chi connectivity index (χ1n) is 6.42. The fraction of sp³-hybridized carbons (Fsp3) is 0.692. The number of nitrogens with one attached hydrogen (secondary N) is 2. The third kappa shape index (κ3) is 4.23. The van der Waals surface area contributed by atoms with E-state index in [1.165, 1.54) is 0 Å². The van der Waals surface area contributed by atoms with E-state index in [-0.39, 0.29) is 11.7 Å². The van der Waals surface area contributed by atoms with E-state index in [2.05, 4.69) is 22.2 Å². The Kier molecular flexibility index (Phi) is 6.01. The van der Waals surface area contributed by atoms with Crippen molar-refractivity contribution >= 4 is 0 Å². The molecule has 0 saturated heterocycles. The molecule has 0 spiro atoms. The first-order valence-corrected chi connectivity index (χ1v) is 6.42. The number of ether oxygens (including phenoxy) is 1. The maximum absolute atomic E-state index is 11.9. The summed E-state index contributed by atoms with van der Waals surface area (Å²) < 4.78 is 5.32. The molecule has 2 N–H and O–H groups in total. The van der Waals surface area contributed by atoms with Crippen molar-refractivity contribution in [1.82, 2.24) is 15.3 Å². The lowest BCUT2D eigenvalue weighted by Crippen LogP contribution is -2.27. The van der Waals surface area contributed by atoms with Crippen molar-refractivity contribution in [2.75, 3.05) is 7.11 Å². The predicted octanol–water partition coefficient (Wildman–Crippen LogP) is 1.76. The topological polar surface area (TPSA) is 67.0 Å². The van der Waals surface area contributed by atoms with Gasteiger partial charge in [0.25, 0.3) is 5.56 Å². The largest absolute Gasteiger partial charge is 0.374 e. The maximum Gasteiger partial charge on any atom is 0.255 e. The molecule has 0 aliphatic rings. The molecule has 0 amide bonds. The second-order valence-electron chi connectivity index (χ2n) is 4.67. The van der Waals surface area contributed by atoms with Gasteiger partial charge in [-0.3, -0.25) is 4.79 Å². The average molecular weight is 253 g/mol. The van der Waals surface area contributed by atoms with Gasteiger partial charge in [-0.2, -0.15) is 0 Å². The number of hydrogen-bond acceptors (Lipinski definition) is 4. The Hall–Kier alpha value is -1.20. The van der Waals surface area contributed by atoms with Gasteiger partial charge in [-0.15, -0.1) is 0 Å². The van der Waals surface area contributed by atoms with E-state index in [4.69, 9.17) is 4.74 Å². The fourth-order valence-corrected chi connectivity index (χ4v) is 1.67. The summed E-state index contributed by atoms with van der Waals surface area (Å²) in [5.74, 6) is 0.609. The number of methoxy groups -OCH3 is 1. The first-order chi connectivity index (χ1) is 8.58. The van der Waals surface area contributed by atoms with E-state index in [1.54, 1.807) is 13.3 Å². The lowest BCUT2D eigenvalue weighted by atomic mass is 10.2. The zero-order valence-corrected chi connectivity index (χ0v) is 11.6. The van der Waals surface area contributed by atoms with Crippen LogP contribution in [0.4, 0.5) is 0 Å².